The van der Waals surface area contributed by atoms with Gasteiger partial charge in [-0.3, -0.25) is 9.69 Å². The van der Waals surface area contributed by atoms with Crippen LogP contribution in [0.15, 0.2) is 72.8 Å². The number of nitrogens with zero attached hydrogens (tertiary/aromatic N) is 1. The Hall–Kier alpha value is -4.02. The zero-order valence-electron chi connectivity index (χ0n) is 22.9. The van der Waals surface area contributed by atoms with Gasteiger partial charge in [-0.25, -0.2) is 0 Å². The molecule has 1 aliphatic carbocycles. The number of fused-ring (bicyclic) bond motifs is 2. The van der Waals surface area contributed by atoms with Gasteiger partial charge in [0.05, 0.1) is 17.9 Å². The summed E-state index contributed by atoms with van der Waals surface area (Å²) in [5.41, 5.74) is 3.36. The van der Waals surface area contributed by atoms with Crippen LogP contribution in [0.3, 0.4) is 0 Å². The molecule has 1 fully saturated rings. The van der Waals surface area contributed by atoms with Crippen molar-refractivity contribution >= 4 is 12.0 Å². The van der Waals surface area contributed by atoms with Gasteiger partial charge in [-0.15, -0.1) is 5.92 Å². The fourth-order valence-corrected chi connectivity index (χ4v) is 5.90. The van der Waals surface area contributed by atoms with Gasteiger partial charge in [-0.2, -0.15) is 13.2 Å². The van der Waals surface area contributed by atoms with E-state index in [4.69, 9.17) is 9.84 Å². The maximum Gasteiger partial charge on any atom is 0.416 e. The number of likely N-dealkylation sites (tertiary alicyclic amines) is 1. The smallest absolute Gasteiger partial charge is 0.416 e. The lowest BCUT2D eigenvalue weighted by atomic mass is 9.74. The Kier molecular flexibility index (Phi) is 8.23. The van der Waals surface area contributed by atoms with E-state index in [9.17, 15) is 18.0 Å². The first-order chi connectivity index (χ1) is 19.7. The summed E-state index contributed by atoms with van der Waals surface area (Å²) in [5, 5.41) is 9.13. The molecule has 0 saturated carbocycles. The number of carbonyl (C=O) groups is 1. The number of hydrogen-bond acceptors (Lipinski definition) is 3. The van der Waals surface area contributed by atoms with Crippen LogP contribution in [0.25, 0.3) is 6.08 Å². The molecule has 0 radical (unpaired) electrons. The summed E-state index contributed by atoms with van der Waals surface area (Å²) >= 11 is 0. The molecule has 7 heteroatoms. The van der Waals surface area contributed by atoms with Crippen LogP contribution in [0, 0.1) is 11.8 Å². The summed E-state index contributed by atoms with van der Waals surface area (Å²) < 4.78 is 48.1. The predicted molar refractivity (Wildman–Crippen MR) is 152 cm³/mol. The highest BCUT2D eigenvalue weighted by molar-refractivity contribution is 5.69. The molecular formula is C34H32F3NO3. The van der Waals surface area contributed by atoms with Gasteiger partial charge in [0.1, 0.15) is 12.4 Å². The second-order valence-electron chi connectivity index (χ2n) is 10.7. The molecule has 41 heavy (non-hydrogen) atoms. The zero-order chi connectivity index (χ0) is 29.0. The molecule has 1 saturated heterocycles. The van der Waals surface area contributed by atoms with Crippen LogP contribution >= 0.6 is 0 Å². The van der Waals surface area contributed by atoms with Crippen molar-refractivity contribution < 1.29 is 27.8 Å². The highest BCUT2D eigenvalue weighted by Crippen LogP contribution is 2.44. The number of halogens is 3. The highest BCUT2D eigenvalue weighted by atomic mass is 19.4. The number of benzene rings is 3. The minimum absolute atomic E-state index is 0.0140. The van der Waals surface area contributed by atoms with E-state index in [1.165, 1.54) is 17.2 Å². The maximum absolute atomic E-state index is 14.1. The third kappa shape index (κ3) is 6.49. The molecule has 5 rings (SSSR count). The van der Waals surface area contributed by atoms with Gasteiger partial charge in [-0.1, -0.05) is 66.6 Å². The molecule has 212 valence electrons. The molecule has 1 heterocycles. The summed E-state index contributed by atoms with van der Waals surface area (Å²) in [6, 6.07) is 19.6. The predicted octanol–water partition coefficient (Wildman–Crippen LogP) is 7.43. The van der Waals surface area contributed by atoms with E-state index >= 15 is 0 Å². The van der Waals surface area contributed by atoms with Crippen molar-refractivity contribution in [2.45, 2.75) is 56.8 Å². The second kappa shape index (κ2) is 11.8. The fraction of sp³-hybridized carbons (Fsp3) is 0.324. The standard InChI is InChI=1S/C34H32F3NO3/c1-2-5-27(21-32(39)40)25-10-12-29(13-11-25)41-23-24-8-9-28(31(20-24)34(35,36)37)22-38-18-16-33(17-19-38)15-14-26-6-3-4-7-30(26)33/h3-4,6-15,20,27H,16-19,21-23H2,1H3,(H,39,40)/t27-/m0/s1. The lowest BCUT2D eigenvalue weighted by Gasteiger charge is -2.39. The van der Waals surface area contributed by atoms with Crippen LogP contribution in [0.5, 0.6) is 5.75 Å². The van der Waals surface area contributed by atoms with Gasteiger partial charge < -0.3 is 9.84 Å². The molecular weight excluding hydrogens is 527 g/mol. The van der Waals surface area contributed by atoms with Crippen LogP contribution < -0.4 is 4.74 Å². The first-order valence-corrected chi connectivity index (χ1v) is 13.7. The number of aliphatic carboxylic acids is 1. The summed E-state index contributed by atoms with van der Waals surface area (Å²) in [6.07, 6.45) is 1.61. The number of alkyl halides is 3. The number of carboxylic acids is 1. The molecule has 0 unspecified atom stereocenters. The summed E-state index contributed by atoms with van der Waals surface area (Å²) in [7, 11) is 0. The molecule has 1 N–H and O–H groups in total. The zero-order valence-corrected chi connectivity index (χ0v) is 22.9. The average molecular weight is 560 g/mol. The van der Waals surface area contributed by atoms with Gasteiger partial charge >= 0.3 is 12.1 Å². The van der Waals surface area contributed by atoms with Gasteiger partial charge in [0, 0.05) is 12.0 Å². The minimum Gasteiger partial charge on any atom is -0.489 e. The van der Waals surface area contributed by atoms with E-state index in [1.54, 1.807) is 43.3 Å². The summed E-state index contributed by atoms with van der Waals surface area (Å²) in [4.78, 5) is 13.2. The molecule has 4 nitrogen and oxygen atoms in total. The third-order valence-corrected chi connectivity index (χ3v) is 8.09. The molecule has 0 amide bonds. The molecule has 1 aliphatic heterocycles. The number of allylic oxidation sites excluding steroid dienone is 1. The van der Waals surface area contributed by atoms with Crippen molar-refractivity contribution in [3.05, 3.63) is 106 Å². The lowest BCUT2D eigenvalue weighted by Crippen LogP contribution is -2.40. The first kappa shape index (κ1) is 28.5. The largest absolute Gasteiger partial charge is 0.489 e. The van der Waals surface area contributed by atoms with Crippen LogP contribution in [0.2, 0.25) is 0 Å². The van der Waals surface area contributed by atoms with E-state index in [0.717, 1.165) is 31.5 Å². The molecule has 1 spiro atoms. The normalized spacial score (nSPS) is 16.6. The van der Waals surface area contributed by atoms with E-state index < -0.39 is 23.6 Å². The van der Waals surface area contributed by atoms with Gasteiger partial charge in [-0.05, 0) is 78.9 Å². The molecule has 0 bridgehead atoms. The number of rotatable bonds is 8. The molecule has 3 aromatic carbocycles. The molecule has 2 aliphatic rings. The Morgan fingerprint density at radius 3 is 2.49 bits per heavy atom. The summed E-state index contributed by atoms with van der Waals surface area (Å²) in [6.45, 7) is 3.34. The lowest BCUT2D eigenvalue weighted by molar-refractivity contribution is -0.139. The average Bonchev–Trinajstić information content (AvgIpc) is 3.31. The molecule has 1 atom stereocenters. The monoisotopic (exact) mass is 559 g/mol. The Morgan fingerprint density at radius 2 is 1.80 bits per heavy atom. The van der Waals surface area contributed by atoms with Crippen LogP contribution in [-0.4, -0.2) is 29.1 Å². The second-order valence-corrected chi connectivity index (χ2v) is 10.7. The Bertz CT molecular complexity index is 1490. The van der Waals surface area contributed by atoms with Crippen molar-refractivity contribution in [3.63, 3.8) is 0 Å². The van der Waals surface area contributed by atoms with E-state index in [2.05, 4.69) is 47.1 Å². The van der Waals surface area contributed by atoms with Crippen molar-refractivity contribution in [1.29, 1.82) is 0 Å². The Labute approximate surface area is 238 Å². The van der Waals surface area contributed by atoms with Gasteiger partial charge in [0.2, 0.25) is 0 Å². The van der Waals surface area contributed by atoms with E-state index in [0.29, 0.717) is 11.3 Å². The maximum atomic E-state index is 14.1. The first-order valence-electron chi connectivity index (χ1n) is 13.7. The van der Waals surface area contributed by atoms with Crippen molar-refractivity contribution in [2.24, 2.45) is 0 Å². The topological polar surface area (TPSA) is 49.8 Å². The number of ether oxygens (including phenoxy) is 1. The summed E-state index contributed by atoms with van der Waals surface area (Å²) in [5.74, 6) is 4.75. The quantitative estimate of drug-likeness (QED) is 0.292. The number of piperidine rings is 1. The third-order valence-electron chi connectivity index (χ3n) is 8.09. The molecule has 0 aromatic heterocycles. The van der Waals surface area contributed by atoms with E-state index in [1.807, 2.05) is 6.07 Å². The van der Waals surface area contributed by atoms with Gasteiger partial charge in [0.15, 0.2) is 0 Å². The Balaban J connectivity index is 1.23. The fourth-order valence-electron chi connectivity index (χ4n) is 5.90. The van der Waals surface area contributed by atoms with Crippen molar-refractivity contribution in [1.82, 2.24) is 4.90 Å². The van der Waals surface area contributed by atoms with Crippen LogP contribution in [0.4, 0.5) is 13.2 Å². The minimum atomic E-state index is -4.48. The number of hydrogen-bond donors (Lipinski definition) is 1. The SMILES string of the molecule is CC#C[C@@H](CC(=O)O)c1ccc(OCc2ccc(CN3CCC4(C=Cc5ccccc54)CC3)c(C(F)(F)F)c2)cc1. The molecule has 3 aromatic rings. The van der Waals surface area contributed by atoms with Gasteiger partial charge in [0.25, 0.3) is 0 Å². The van der Waals surface area contributed by atoms with Crippen molar-refractivity contribution in [3.8, 4) is 17.6 Å². The number of carboxylic acid groups (broad SMARTS) is 1. The Morgan fingerprint density at radius 1 is 1.07 bits per heavy atom. The van der Waals surface area contributed by atoms with Crippen LogP contribution in [-0.2, 0) is 29.5 Å². The van der Waals surface area contributed by atoms with Crippen molar-refractivity contribution in [2.75, 3.05) is 13.1 Å². The van der Waals surface area contributed by atoms with E-state index in [-0.39, 0.29) is 30.6 Å². The van der Waals surface area contributed by atoms with Crippen LogP contribution in [0.1, 0.15) is 65.5 Å². The highest BCUT2D eigenvalue weighted by Gasteiger charge is 2.39.